The fourth-order valence-electron chi connectivity index (χ4n) is 4.01. The van der Waals surface area contributed by atoms with Gasteiger partial charge in [0.15, 0.2) is 0 Å². The second-order valence-corrected chi connectivity index (χ2v) is 7.61. The van der Waals surface area contributed by atoms with E-state index < -0.39 is 0 Å². The molecule has 0 radical (unpaired) electrons. The third kappa shape index (κ3) is 3.84. The monoisotopic (exact) mass is 354 g/mol. The van der Waals surface area contributed by atoms with Gasteiger partial charge < -0.3 is 4.90 Å². The van der Waals surface area contributed by atoms with Crippen LogP contribution in [0, 0.1) is 5.92 Å². The Morgan fingerprint density at radius 2 is 1.81 bits per heavy atom. The summed E-state index contributed by atoms with van der Waals surface area (Å²) in [5, 5.41) is 0. The van der Waals surface area contributed by atoms with Crippen molar-refractivity contribution in [2.24, 2.45) is 5.92 Å². The molecule has 1 aromatic rings. The number of carbonyl (C=O) groups is 2. The van der Waals surface area contributed by atoms with Gasteiger partial charge in [-0.25, -0.2) is 0 Å². The first-order valence-corrected chi connectivity index (χ1v) is 10.0. The highest BCUT2D eigenvalue weighted by Gasteiger charge is 2.41. The van der Waals surface area contributed by atoms with Gasteiger partial charge in [0.2, 0.25) is 0 Å². The number of nitrogens with zero attached hydrogens (tertiary/aromatic N) is 2. The SMILES string of the molecule is CCCCCCN1C(=O)C(c2ccccc2)=C(N2CCCC(C)C2)C1=O. The first-order valence-electron chi connectivity index (χ1n) is 10.0. The number of carbonyl (C=O) groups excluding carboxylic acids is 2. The van der Waals surface area contributed by atoms with Crippen LogP contribution in [-0.4, -0.2) is 41.2 Å². The Morgan fingerprint density at radius 1 is 1.04 bits per heavy atom. The van der Waals surface area contributed by atoms with Crippen molar-refractivity contribution in [1.82, 2.24) is 9.80 Å². The molecule has 0 spiro atoms. The van der Waals surface area contributed by atoms with Crippen LogP contribution in [0.4, 0.5) is 0 Å². The molecule has 1 fully saturated rings. The summed E-state index contributed by atoms with van der Waals surface area (Å²) in [4.78, 5) is 29.9. The van der Waals surface area contributed by atoms with E-state index >= 15 is 0 Å². The van der Waals surface area contributed by atoms with Gasteiger partial charge in [0.05, 0.1) is 5.57 Å². The number of likely N-dealkylation sites (tertiary alicyclic amines) is 1. The average Bonchev–Trinajstić information content (AvgIpc) is 2.90. The van der Waals surface area contributed by atoms with Crippen LogP contribution in [0.1, 0.15) is 57.9 Å². The molecule has 0 aliphatic carbocycles. The maximum absolute atomic E-state index is 13.2. The van der Waals surface area contributed by atoms with E-state index in [1.807, 2.05) is 30.3 Å². The lowest BCUT2D eigenvalue weighted by molar-refractivity contribution is -0.137. The van der Waals surface area contributed by atoms with Gasteiger partial charge in [-0.3, -0.25) is 14.5 Å². The van der Waals surface area contributed by atoms with E-state index in [4.69, 9.17) is 0 Å². The van der Waals surface area contributed by atoms with E-state index in [1.165, 1.54) is 11.3 Å². The van der Waals surface area contributed by atoms with E-state index in [1.54, 1.807) is 0 Å². The summed E-state index contributed by atoms with van der Waals surface area (Å²) in [7, 11) is 0. The largest absolute Gasteiger partial charge is 0.366 e. The quantitative estimate of drug-likeness (QED) is 0.547. The summed E-state index contributed by atoms with van der Waals surface area (Å²) in [6, 6.07) is 9.68. The Morgan fingerprint density at radius 3 is 2.50 bits per heavy atom. The molecule has 1 saturated heterocycles. The highest BCUT2D eigenvalue weighted by molar-refractivity contribution is 6.35. The van der Waals surface area contributed by atoms with Gasteiger partial charge in [0, 0.05) is 19.6 Å². The summed E-state index contributed by atoms with van der Waals surface area (Å²) >= 11 is 0. The standard InChI is InChI=1S/C22H30N2O2/c1-3-4-5-9-15-24-21(25)19(18-12-7-6-8-13-18)20(22(24)26)23-14-10-11-17(2)16-23/h6-8,12-13,17H,3-5,9-11,14-16H2,1-2H3. The van der Waals surface area contributed by atoms with Crippen molar-refractivity contribution in [3.05, 3.63) is 41.6 Å². The summed E-state index contributed by atoms with van der Waals surface area (Å²) in [5.41, 5.74) is 2.08. The lowest BCUT2D eigenvalue weighted by Crippen LogP contribution is -2.39. The van der Waals surface area contributed by atoms with Crippen LogP contribution in [0.5, 0.6) is 0 Å². The van der Waals surface area contributed by atoms with Gasteiger partial charge >= 0.3 is 0 Å². The van der Waals surface area contributed by atoms with Crippen molar-refractivity contribution >= 4 is 17.4 Å². The summed E-state index contributed by atoms with van der Waals surface area (Å²) in [6.45, 7) is 6.63. The number of benzene rings is 1. The Kier molecular flexibility index (Phi) is 6.12. The Hall–Kier alpha value is -2.10. The first-order chi connectivity index (χ1) is 12.6. The van der Waals surface area contributed by atoms with Gasteiger partial charge in [-0.2, -0.15) is 0 Å². The van der Waals surface area contributed by atoms with Crippen molar-refractivity contribution in [2.45, 2.75) is 52.4 Å². The lowest BCUT2D eigenvalue weighted by Gasteiger charge is -2.33. The van der Waals surface area contributed by atoms with E-state index in [9.17, 15) is 9.59 Å². The minimum atomic E-state index is -0.120. The minimum absolute atomic E-state index is 0.0977. The Balaban J connectivity index is 1.90. The van der Waals surface area contributed by atoms with Crippen LogP contribution < -0.4 is 0 Å². The molecule has 1 aromatic carbocycles. The molecular weight excluding hydrogens is 324 g/mol. The number of hydrogen-bond acceptors (Lipinski definition) is 3. The molecule has 140 valence electrons. The normalized spacial score (nSPS) is 21.1. The third-order valence-electron chi connectivity index (χ3n) is 5.41. The van der Waals surface area contributed by atoms with Crippen LogP contribution in [-0.2, 0) is 9.59 Å². The molecule has 0 bridgehead atoms. The highest BCUT2D eigenvalue weighted by Crippen LogP contribution is 2.34. The highest BCUT2D eigenvalue weighted by atomic mass is 16.2. The smallest absolute Gasteiger partial charge is 0.277 e. The fourth-order valence-corrected chi connectivity index (χ4v) is 4.01. The molecule has 2 aliphatic rings. The molecule has 26 heavy (non-hydrogen) atoms. The Bertz CT molecular complexity index is 681. The maximum atomic E-state index is 13.2. The van der Waals surface area contributed by atoms with E-state index in [-0.39, 0.29) is 11.8 Å². The van der Waals surface area contributed by atoms with Gasteiger partial charge in [-0.1, -0.05) is 63.4 Å². The molecule has 2 aliphatic heterocycles. The van der Waals surface area contributed by atoms with Gasteiger partial charge in [0.1, 0.15) is 5.70 Å². The number of imide groups is 1. The molecule has 4 nitrogen and oxygen atoms in total. The van der Waals surface area contributed by atoms with Crippen molar-refractivity contribution in [1.29, 1.82) is 0 Å². The van der Waals surface area contributed by atoms with Crippen molar-refractivity contribution in [3.8, 4) is 0 Å². The molecular formula is C22H30N2O2. The van der Waals surface area contributed by atoms with Crippen molar-refractivity contribution < 1.29 is 9.59 Å². The van der Waals surface area contributed by atoms with Crippen LogP contribution in [0.15, 0.2) is 36.0 Å². The second kappa shape index (κ2) is 8.52. The minimum Gasteiger partial charge on any atom is -0.366 e. The van der Waals surface area contributed by atoms with Crippen LogP contribution in [0.3, 0.4) is 0 Å². The second-order valence-electron chi connectivity index (χ2n) is 7.61. The molecule has 0 aromatic heterocycles. The van der Waals surface area contributed by atoms with Crippen molar-refractivity contribution in [3.63, 3.8) is 0 Å². The predicted molar refractivity (Wildman–Crippen MR) is 104 cm³/mol. The maximum Gasteiger partial charge on any atom is 0.277 e. The first kappa shape index (κ1) is 18.7. The number of amides is 2. The third-order valence-corrected chi connectivity index (χ3v) is 5.41. The number of hydrogen-bond donors (Lipinski definition) is 0. The number of unbranched alkanes of at least 4 members (excludes halogenated alkanes) is 3. The zero-order chi connectivity index (χ0) is 18.5. The number of rotatable bonds is 7. The molecule has 3 rings (SSSR count). The van der Waals surface area contributed by atoms with Gasteiger partial charge in [0.25, 0.3) is 11.8 Å². The summed E-state index contributed by atoms with van der Waals surface area (Å²) < 4.78 is 0. The van der Waals surface area contributed by atoms with Crippen LogP contribution in [0.25, 0.3) is 5.57 Å². The predicted octanol–water partition coefficient (Wildman–Crippen LogP) is 4.08. The molecule has 0 saturated carbocycles. The molecule has 1 unspecified atom stereocenters. The van der Waals surface area contributed by atoms with Gasteiger partial charge in [-0.15, -0.1) is 0 Å². The average molecular weight is 354 g/mol. The zero-order valence-electron chi connectivity index (χ0n) is 16.0. The molecule has 1 atom stereocenters. The number of piperidine rings is 1. The Labute approximate surface area is 156 Å². The van der Waals surface area contributed by atoms with E-state index in [2.05, 4.69) is 18.7 Å². The van der Waals surface area contributed by atoms with Crippen molar-refractivity contribution in [2.75, 3.05) is 19.6 Å². The summed E-state index contributed by atoms with van der Waals surface area (Å²) in [6.07, 6.45) is 6.50. The van der Waals surface area contributed by atoms with Crippen LogP contribution in [0.2, 0.25) is 0 Å². The zero-order valence-corrected chi connectivity index (χ0v) is 16.0. The molecule has 2 amide bonds. The van der Waals surface area contributed by atoms with E-state index in [0.29, 0.717) is 23.7 Å². The molecule has 4 heteroatoms. The van der Waals surface area contributed by atoms with Gasteiger partial charge in [-0.05, 0) is 30.7 Å². The fraction of sp³-hybridized carbons (Fsp3) is 0.545. The summed E-state index contributed by atoms with van der Waals surface area (Å²) in [5.74, 6) is 0.333. The van der Waals surface area contributed by atoms with Crippen LogP contribution >= 0.6 is 0 Å². The lowest BCUT2D eigenvalue weighted by atomic mass is 9.98. The molecule has 0 N–H and O–H groups in total. The van der Waals surface area contributed by atoms with E-state index in [0.717, 1.165) is 50.8 Å². The molecule has 2 heterocycles. The topological polar surface area (TPSA) is 40.6 Å².